The summed E-state index contributed by atoms with van der Waals surface area (Å²) in [6.45, 7) is 0. The summed E-state index contributed by atoms with van der Waals surface area (Å²) in [5.41, 5.74) is 0.766. The Morgan fingerprint density at radius 2 is 1.40 bits per heavy atom. The molecule has 2 aromatic carbocycles. The number of hydrogen-bond acceptors (Lipinski definition) is 11. The van der Waals surface area contributed by atoms with E-state index < -0.39 is 35.7 Å². The SMILES string of the molecule is COC(=O)/C=C(\C(=O)OC)C(c1ccccn1)N(c1ccccc1)c1c(-c2ccccc2)oc(C(=O)OC)c1C(=O)OC. The molecule has 0 saturated heterocycles. The molecule has 11 heteroatoms. The number of ether oxygens (including phenoxy) is 4. The Balaban J connectivity index is 2.23. The van der Waals surface area contributed by atoms with Crippen molar-refractivity contribution in [2.24, 2.45) is 0 Å². The van der Waals surface area contributed by atoms with Crippen LogP contribution in [0, 0.1) is 0 Å². The highest BCUT2D eigenvalue weighted by atomic mass is 16.5. The molecule has 2 aromatic heterocycles. The minimum Gasteiger partial charge on any atom is -0.466 e. The van der Waals surface area contributed by atoms with Gasteiger partial charge in [0.2, 0.25) is 5.76 Å². The summed E-state index contributed by atoms with van der Waals surface area (Å²) in [5, 5.41) is 0. The molecular formula is C32H28N2O9. The lowest BCUT2D eigenvalue weighted by molar-refractivity contribution is -0.138. The van der Waals surface area contributed by atoms with Crippen LogP contribution in [0.4, 0.5) is 11.4 Å². The number of carbonyl (C=O) groups excluding carboxylic acids is 4. The molecule has 0 amide bonds. The van der Waals surface area contributed by atoms with Crippen LogP contribution in [0.3, 0.4) is 0 Å². The third-order valence-electron chi connectivity index (χ3n) is 6.37. The zero-order valence-corrected chi connectivity index (χ0v) is 23.8. The molecule has 0 aliphatic rings. The molecule has 0 fully saturated rings. The fraction of sp³-hybridized carbons (Fsp3) is 0.156. The second-order valence-corrected chi connectivity index (χ2v) is 8.81. The van der Waals surface area contributed by atoms with E-state index in [1.54, 1.807) is 83.8 Å². The number of methoxy groups -OCH3 is 4. The van der Waals surface area contributed by atoms with E-state index in [1.807, 2.05) is 0 Å². The van der Waals surface area contributed by atoms with Crippen LogP contribution in [0.25, 0.3) is 11.3 Å². The summed E-state index contributed by atoms with van der Waals surface area (Å²) in [6.07, 6.45) is 2.50. The lowest BCUT2D eigenvalue weighted by Crippen LogP contribution is -2.31. The molecule has 4 aromatic rings. The Kier molecular flexibility index (Phi) is 9.69. The van der Waals surface area contributed by atoms with E-state index in [9.17, 15) is 19.2 Å². The van der Waals surface area contributed by atoms with Gasteiger partial charge in [-0.1, -0.05) is 54.6 Å². The molecule has 220 valence electrons. The Bertz CT molecular complexity index is 1630. The molecule has 0 aliphatic carbocycles. The van der Waals surface area contributed by atoms with Crippen LogP contribution in [0.2, 0.25) is 0 Å². The molecule has 1 atom stereocenters. The van der Waals surface area contributed by atoms with Crippen molar-refractivity contribution in [3.63, 3.8) is 0 Å². The number of nitrogens with zero attached hydrogens (tertiary/aromatic N) is 2. The van der Waals surface area contributed by atoms with Gasteiger partial charge in [0.1, 0.15) is 17.3 Å². The Morgan fingerprint density at radius 1 is 0.767 bits per heavy atom. The van der Waals surface area contributed by atoms with Gasteiger partial charge < -0.3 is 28.3 Å². The van der Waals surface area contributed by atoms with Crippen molar-refractivity contribution in [2.75, 3.05) is 33.3 Å². The van der Waals surface area contributed by atoms with Crippen molar-refractivity contribution in [3.8, 4) is 11.3 Å². The standard InChI is InChI=1S/C32H28N2O9/c1-39-24(35)19-22(30(36)40-2)26(23-17-11-12-18-33-23)34(21-15-9-6-10-16-21)27-25(31(37)41-3)29(32(38)42-4)43-28(27)20-13-7-5-8-14-20/h5-19,26H,1-4H3/b22-19-. The first-order valence-corrected chi connectivity index (χ1v) is 12.9. The van der Waals surface area contributed by atoms with Gasteiger partial charge in [-0.05, 0) is 24.3 Å². The van der Waals surface area contributed by atoms with Gasteiger partial charge in [-0.3, -0.25) is 4.98 Å². The summed E-state index contributed by atoms with van der Waals surface area (Å²) in [5.74, 6) is -3.93. The highest BCUT2D eigenvalue weighted by Gasteiger charge is 2.41. The highest BCUT2D eigenvalue weighted by molar-refractivity contribution is 6.10. The second-order valence-electron chi connectivity index (χ2n) is 8.81. The molecule has 0 saturated carbocycles. The number of para-hydroxylation sites is 1. The maximum Gasteiger partial charge on any atom is 0.374 e. The van der Waals surface area contributed by atoms with E-state index >= 15 is 0 Å². The van der Waals surface area contributed by atoms with Gasteiger partial charge >= 0.3 is 23.9 Å². The van der Waals surface area contributed by atoms with Crippen molar-refractivity contribution in [1.82, 2.24) is 4.98 Å². The molecule has 0 bridgehead atoms. The number of rotatable bonds is 10. The summed E-state index contributed by atoms with van der Waals surface area (Å²) in [6, 6.07) is 21.2. The molecular weight excluding hydrogens is 556 g/mol. The zero-order valence-electron chi connectivity index (χ0n) is 23.8. The number of furan rings is 1. The molecule has 43 heavy (non-hydrogen) atoms. The lowest BCUT2D eigenvalue weighted by atomic mass is 9.96. The number of hydrogen-bond donors (Lipinski definition) is 0. The molecule has 2 heterocycles. The lowest BCUT2D eigenvalue weighted by Gasteiger charge is -2.34. The average Bonchev–Trinajstić information content (AvgIpc) is 3.46. The van der Waals surface area contributed by atoms with Gasteiger partial charge in [0, 0.05) is 23.5 Å². The number of aromatic nitrogens is 1. The normalized spacial score (nSPS) is 11.7. The van der Waals surface area contributed by atoms with Gasteiger partial charge in [0.25, 0.3) is 0 Å². The topological polar surface area (TPSA) is 134 Å². The fourth-order valence-electron chi connectivity index (χ4n) is 4.48. The maximum atomic E-state index is 13.5. The molecule has 4 rings (SSSR count). The first-order chi connectivity index (χ1) is 20.9. The zero-order chi connectivity index (χ0) is 30.9. The van der Waals surface area contributed by atoms with Crippen molar-refractivity contribution >= 4 is 35.3 Å². The minimum atomic E-state index is -1.23. The predicted molar refractivity (Wildman–Crippen MR) is 154 cm³/mol. The Morgan fingerprint density at radius 3 is 1.95 bits per heavy atom. The van der Waals surface area contributed by atoms with Crippen LogP contribution in [-0.4, -0.2) is 57.3 Å². The van der Waals surface area contributed by atoms with Crippen LogP contribution < -0.4 is 4.90 Å². The second kappa shape index (κ2) is 13.8. The van der Waals surface area contributed by atoms with Crippen molar-refractivity contribution in [2.45, 2.75) is 6.04 Å². The van der Waals surface area contributed by atoms with Crippen LogP contribution in [0.5, 0.6) is 0 Å². The maximum absolute atomic E-state index is 13.5. The summed E-state index contributed by atoms with van der Waals surface area (Å²) < 4.78 is 26.1. The molecule has 0 aliphatic heterocycles. The number of carbonyl (C=O) groups is 4. The van der Waals surface area contributed by atoms with E-state index in [0.717, 1.165) is 27.4 Å². The average molecular weight is 585 g/mol. The molecule has 0 radical (unpaired) electrons. The first kappa shape index (κ1) is 30.3. The van der Waals surface area contributed by atoms with Crippen molar-refractivity contribution < 1.29 is 42.5 Å². The van der Waals surface area contributed by atoms with E-state index in [1.165, 1.54) is 13.3 Å². The van der Waals surface area contributed by atoms with Crippen LogP contribution in [0.15, 0.2) is 101 Å². The fourth-order valence-corrected chi connectivity index (χ4v) is 4.48. The van der Waals surface area contributed by atoms with Crippen molar-refractivity contribution in [3.05, 3.63) is 114 Å². The highest BCUT2D eigenvalue weighted by Crippen LogP contribution is 2.48. The van der Waals surface area contributed by atoms with Gasteiger partial charge in [-0.2, -0.15) is 0 Å². The van der Waals surface area contributed by atoms with E-state index in [0.29, 0.717) is 11.3 Å². The van der Waals surface area contributed by atoms with Gasteiger partial charge in [-0.15, -0.1) is 0 Å². The third-order valence-corrected chi connectivity index (χ3v) is 6.37. The van der Waals surface area contributed by atoms with Gasteiger partial charge in [-0.25, -0.2) is 19.2 Å². The van der Waals surface area contributed by atoms with E-state index in [4.69, 9.17) is 23.4 Å². The summed E-state index contributed by atoms with van der Waals surface area (Å²) in [4.78, 5) is 58.6. The number of anilines is 2. The Hall–Kier alpha value is -5.71. The van der Waals surface area contributed by atoms with Crippen LogP contribution >= 0.6 is 0 Å². The molecule has 11 nitrogen and oxygen atoms in total. The first-order valence-electron chi connectivity index (χ1n) is 12.9. The minimum absolute atomic E-state index is 0.0416. The quantitative estimate of drug-likeness (QED) is 0.140. The van der Waals surface area contributed by atoms with Gasteiger partial charge in [0.05, 0.1) is 39.7 Å². The molecule has 0 N–H and O–H groups in total. The summed E-state index contributed by atoms with van der Waals surface area (Å²) >= 11 is 0. The predicted octanol–water partition coefficient (Wildman–Crippen LogP) is 5.07. The van der Waals surface area contributed by atoms with E-state index in [2.05, 4.69) is 4.98 Å². The van der Waals surface area contributed by atoms with Crippen LogP contribution in [-0.2, 0) is 28.5 Å². The number of esters is 4. The smallest absolute Gasteiger partial charge is 0.374 e. The Labute approximate surface area is 247 Å². The number of pyridine rings is 1. The molecule has 0 spiro atoms. The largest absolute Gasteiger partial charge is 0.466 e. The van der Waals surface area contributed by atoms with Crippen LogP contribution in [0.1, 0.15) is 32.6 Å². The summed E-state index contributed by atoms with van der Waals surface area (Å²) in [7, 11) is 4.63. The van der Waals surface area contributed by atoms with E-state index in [-0.39, 0.29) is 28.3 Å². The molecule has 1 unspecified atom stereocenters. The van der Waals surface area contributed by atoms with Crippen molar-refractivity contribution in [1.29, 1.82) is 0 Å². The van der Waals surface area contributed by atoms with Gasteiger partial charge in [0.15, 0.2) is 5.76 Å². The third kappa shape index (κ3) is 6.30. The number of benzene rings is 2. The monoisotopic (exact) mass is 584 g/mol.